The third-order valence-electron chi connectivity index (χ3n) is 3.23. The Morgan fingerprint density at radius 1 is 1.19 bits per heavy atom. The quantitative estimate of drug-likeness (QED) is 0.846. The van der Waals surface area contributed by atoms with Crippen molar-refractivity contribution >= 4 is 27.5 Å². The lowest BCUT2D eigenvalue weighted by molar-refractivity contribution is 0.414. The van der Waals surface area contributed by atoms with E-state index in [2.05, 4.69) is 15.9 Å². The molecule has 0 aliphatic rings. The SMILES string of the molecule is COc1ccc(Br)c(CC(N)Cc2ccc(F)cc2Cl)c1. The van der Waals surface area contributed by atoms with Gasteiger partial charge in [0.15, 0.2) is 0 Å². The molecule has 2 nitrogen and oxygen atoms in total. The Hall–Kier alpha value is -1.10. The lowest BCUT2D eigenvalue weighted by Gasteiger charge is -2.15. The molecule has 2 N–H and O–H groups in total. The molecule has 2 aromatic carbocycles. The van der Waals surface area contributed by atoms with Gasteiger partial charge in [0.1, 0.15) is 11.6 Å². The highest BCUT2D eigenvalue weighted by Gasteiger charge is 2.11. The minimum Gasteiger partial charge on any atom is -0.497 e. The molecule has 2 aromatic rings. The van der Waals surface area contributed by atoms with Crippen LogP contribution in [0.2, 0.25) is 5.02 Å². The molecule has 112 valence electrons. The maximum absolute atomic E-state index is 13.0. The first kappa shape index (κ1) is 16.3. The maximum atomic E-state index is 13.0. The third-order valence-corrected chi connectivity index (χ3v) is 4.36. The number of hydrogen-bond acceptors (Lipinski definition) is 2. The van der Waals surface area contributed by atoms with Crippen LogP contribution in [0.5, 0.6) is 5.75 Å². The zero-order chi connectivity index (χ0) is 15.4. The van der Waals surface area contributed by atoms with Gasteiger partial charge >= 0.3 is 0 Å². The first-order valence-corrected chi connectivity index (χ1v) is 7.68. The van der Waals surface area contributed by atoms with Gasteiger partial charge in [-0.1, -0.05) is 33.6 Å². The Labute approximate surface area is 137 Å². The van der Waals surface area contributed by atoms with Crippen LogP contribution in [0.4, 0.5) is 4.39 Å². The molecule has 0 saturated heterocycles. The van der Waals surface area contributed by atoms with Crippen molar-refractivity contribution in [1.29, 1.82) is 0 Å². The largest absolute Gasteiger partial charge is 0.497 e. The Balaban J connectivity index is 2.09. The van der Waals surface area contributed by atoms with Crippen LogP contribution < -0.4 is 10.5 Å². The molecule has 21 heavy (non-hydrogen) atoms. The lowest BCUT2D eigenvalue weighted by Crippen LogP contribution is -2.25. The van der Waals surface area contributed by atoms with Crippen LogP contribution in [-0.4, -0.2) is 13.2 Å². The van der Waals surface area contributed by atoms with Crippen LogP contribution in [0, 0.1) is 5.82 Å². The molecule has 1 atom stereocenters. The molecule has 0 spiro atoms. The predicted molar refractivity (Wildman–Crippen MR) is 87.5 cm³/mol. The van der Waals surface area contributed by atoms with Crippen molar-refractivity contribution in [2.24, 2.45) is 5.73 Å². The average molecular weight is 373 g/mol. The number of methoxy groups -OCH3 is 1. The third kappa shape index (κ3) is 4.43. The zero-order valence-corrected chi connectivity index (χ0v) is 13.9. The van der Waals surface area contributed by atoms with Gasteiger partial charge in [0.2, 0.25) is 0 Å². The highest BCUT2D eigenvalue weighted by atomic mass is 79.9. The molecule has 0 aromatic heterocycles. The van der Waals surface area contributed by atoms with E-state index in [4.69, 9.17) is 22.1 Å². The van der Waals surface area contributed by atoms with Gasteiger partial charge in [0.25, 0.3) is 0 Å². The van der Waals surface area contributed by atoms with E-state index in [1.165, 1.54) is 12.1 Å². The summed E-state index contributed by atoms with van der Waals surface area (Å²) in [5.74, 6) is 0.452. The molecule has 0 fully saturated rings. The van der Waals surface area contributed by atoms with Crippen molar-refractivity contribution in [1.82, 2.24) is 0 Å². The average Bonchev–Trinajstić information content (AvgIpc) is 2.44. The molecule has 5 heteroatoms. The van der Waals surface area contributed by atoms with Gasteiger partial charge in [-0.2, -0.15) is 0 Å². The Bertz CT molecular complexity index is 636. The summed E-state index contributed by atoms with van der Waals surface area (Å²) < 4.78 is 19.2. The fraction of sp³-hybridized carbons (Fsp3) is 0.250. The topological polar surface area (TPSA) is 35.2 Å². The molecule has 0 radical (unpaired) electrons. The van der Waals surface area contributed by atoms with Crippen molar-refractivity contribution in [2.45, 2.75) is 18.9 Å². The van der Waals surface area contributed by atoms with Crippen molar-refractivity contribution in [2.75, 3.05) is 7.11 Å². The van der Waals surface area contributed by atoms with E-state index in [0.717, 1.165) is 21.3 Å². The molecule has 0 aliphatic carbocycles. The molecule has 0 heterocycles. The molecule has 1 unspecified atom stereocenters. The lowest BCUT2D eigenvalue weighted by atomic mass is 9.99. The van der Waals surface area contributed by atoms with Crippen LogP contribution in [-0.2, 0) is 12.8 Å². The van der Waals surface area contributed by atoms with E-state index in [-0.39, 0.29) is 11.9 Å². The minimum atomic E-state index is -0.340. The van der Waals surface area contributed by atoms with Gasteiger partial charge in [-0.25, -0.2) is 4.39 Å². The van der Waals surface area contributed by atoms with Gasteiger partial charge in [-0.05, 0) is 54.3 Å². The molecule has 2 rings (SSSR count). The first-order chi connectivity index (χ1) is 9.99. The standard InChI is InChI=1S/C16H16BrClFNO/c1-21-14-4-5-15(17)11(8-14)7-13(20)6-10-2-3-12(19)9-16(10)18/h2-5,8-9,13H,6-7,20H2,1H3. The van der Waals surface area contributed by atoms with Crippen LogP contribution in [0.15, 0.2) is 40.9 Å². The van der Waals surface area contributed by atoms with E-state index < -0.39 is 0 Å². The smallest absolute Gasteiger partial charge is 0.124 e. The van der Waals surface area contributed by atoms with Crippen LogP contribution in [0.1, 0.15) is 11.1 Å². The Kier molecular flexibility index (Phi) is 5.62. The second kappa shape index (κ2) is 7.25. The fourth-order valence-corrected chi connectivity index (χ4v) is 2.81. The van der Waals surface area contributed by atoms with Gasteiger partial charge in [0, 0.05) is 15.5 Å². The second-order valence-corrected chi connectivity index (χ2v) is 6.12. The van der Waals surface area contributed by atoms with Crippen molar-refractivity contribution in [3.63, 3.8) is 0 Å². The van der Waals surface area contributed by atoms with Gasteiger partial charge in [-0.15, -0.1) is 0 Å². The normalized spacial score (nSPS) is 12.2. The summed E-state index contributed by atoms with van der Waals surface area (Å²) in [6.07, 6.45) is 1.26. The van der Waals surface area contributed by atoms with Gasteiger partial charge in [-0.3, -0.25) is 0 Å². The summed E-state index contributed by atoms with van der Waals surface area (Å²) >= 11 is 9.54. The first-order valence-electron chi connectivity index (χ1n) is 6.51. The molecule has 0 saturated carbocycles. The van der Waals surface area contributed by atoms with Gasteiger partial charge < -0.3 is 10.5 Å². The number of benzene rings is 2. The summed E-state index contributed by atoms with van der Waals surface area (Å²) in [4.78, 5) is 0. The molecule has 0 bridgehead atoms. The van der Waals surface area contributed by atoms with Crippen molar-refractivity contribution < 1.29 is 9.13 Å². The van der Waals surface area contributed by atoms with E-state index in [1.807, 2.05) is 18.2 Å². The number of ether oxygens (including phenoxy) is 1. The molecular weight excluding hydrogens is 357 g/mol. The summed E-state index contributed by atoms with van der Waals surface area (Å²) in [5, 5.41) is 0.412. The van der Waals surface area contributed by atoms with E-state index in [1.54, 1.807) is 13.2 Å². The highest BCUT2D eigenvalue weighted by Crippen LogP contribution is 2.25. The van der Waals surface area contributed by atoms with E-state index >= 15 is 0 Å². The molecule has 0 aliphatic heterocycles. The fourth-order valence-electron chi connectivity index (χ4n) is 2.16. The van der Waals surface area contributed by atoms with Crippen LogP contribution in [0.3, 0.4) is 0 Å². The highest BCUT2D eigenvalue weighted by molar-refractivity contribution is 9.10. The summed E-state index contributed by atoms with van der Waals surface area (Å²) in [7, 11) is 1.63. The van der Waals surface area contributed by atoms with Crippen molar-refractivity contribution in [3.05, 3.63) is 62.8 Å². The van der Waals surface area contributed by atoms with Crippen LogP contribution >= 0.6 is 27.5 Å². The summed E-state index contributed by atoms with van der Waals surface area (Å²) in [5.41, 5.74) is 8.11. The maximum Gasteiger partial charge on any atom is 0.124 e. The van der Waals surface area contributed by atoms with Crippen molar-refractivity contribution in [3.8, 4) is 5.75 Å². The predicted octanol–water partition coefficient (Wildman–Crippen LogP) is 4.36. The van der Waals surface area contributed by atoms with Gasteiger partial charge in [0.05, 0.1) is 7.11 Å². The summed E-state index contributed by atoms with van der Waals surface area (Å²) in [6, 6.07) is 10.0. The molecule has 0 amide bonds. The summed E-state index contributed by atoms with van der Waals surface area (Å²) in [6.45, 7) is 0. The number of nitrogens with two attached hydrogens (primary N) is 1. The number of hydrogen-bond donors (Lipinski definition) is 1. The Morgan fingerprint density at radius 2 is 1.90 bits per heavy atom. The van der Waals surface area contributed by atoms with Crippen LogP contribution in [0.25, 0.3) is 0 Å². The van der Waals surface area contributed by atoms with E-state index in [0.29, 0.717) is 17.9 Å². The van der Waals surface area contributed by atoms with E-state index in [9.17, 15) is 4.39 Å². The second-order valence-electron chi connectivity index (χ2n) is 4.86. The molecular formula is C16H16BrClFNO. The minimum absolute atomic E-state index is 0.114. The monoisotopic (exact) mass is 371 g/mol. The zero-order valence-electron chi connectivity index (χ0n) is 11.6. The Morgan fingerprint density at radius 3 is 2.57 bits per heavy atom. The number of rotatable bonds is 5. The number of halogens is 3.